The van der Waals surface area contributed by atoms with Crippen LogP contribution in [0.3, 0.4) is 0 Å². The number of hydrogen-bond acceptors (Lipinski definition) is 3. The van der Waals surface area contributed by atoms with Gasteiger partial charge in [-0.05, 0) is 80.7 Å². The van der Waals surface area contributed by atoms with Crippen LogP contribution in [0, 0.1) is 13.8 Å². The molecule has 1 N–H and O–H groups in total. The molecule has 0 saturated carbocycles. The van der Waals surface area contributed by atoms with Gasteiger partial charge in [-0.3, -0.25) is 9.69 Å². The van der Waals surface area contributed by atoms with Crippen LogP contribution in [0.2, 0.25) is 0 Å². The summed E-state index contributed by atoms with van der Waals surface area (Å²) in [6.07, 6.45) is 4.27. The number of aromatic nitrogens is 2. The van der Waals surface area contributed by atoms with Gasteiger partial charge in [-0.15, -0.1) is 0 Å². The maximum absolute atomic E-state index is 12.6. The van der Waals surface area contributed by atoms with Crippen molar-refractivity contribution in [1.29, 1.82) is 0 Å². The number of allylic oxidation sites excluding steroid dienone is 1. The van der Waals surface area contributed by atoms with E-state index in [0.29, 0.717) is 5.56 Å². The Morgan fingerprint density at radius 2 is 1.86 bits per heavy atom. The SMILES string of the molecule is CC(C)=CCN1CCC(NC(=O)c2ccc(-n3nc(C)c(Br)c3C)cc2)CC1. The number of nitrogens with zero attached hydrogens (tertiary/aromatic N) is 3. The lowest BCUT2D eigenvalue weighted by atomic mass is 10.0. The van der Waals surface area contributed by atoms with Crippen molar-refractivity contribution in [2.75, 3.05) is 19.6 Å². The first-order valence-corrected chi connectivity index (χ1v) is 10.6. The molecular weight excluding hydrogens is 416 g/mol. The highest BCUT2D eigenvalue weighted by Crippen LogP contribution is 2.23. The largest absolute Gasteiger partial charge is 0.349 e. The zero-order valence-corrected chi connectivity index (χ0v) is 18.7. The van der Waals surface area contributed by atoms with E-state index < -0.39 is 0 Å². The van der Waals surface area contributed by atoms with E-state index in [-0.39, 0.29) is 11.9 Å². The highest BCUT2D eigenvalue weighted by atomic mass is 79.9. The number of likely N-dealkylation sites (tertiary alicyclic amines) is 1. The summed E-state index contributed by atoms with van der Waals surface area (Å²) in [6.45, 7) is 11.3. The molecule has 28 heavy (non-hydrogen) atoms. The summed E-state index contributed by atoms with van der Waals surface area (Å²) in [4.78, 5) is 15.1. The van der Waals surface area contributed by atoms with Crippen LogP contribution in [0.15, 0.2) is 40.4 Å². The Bertz CT molecular complexity index is 857. The highest BCUT2D eigenvalue weighted by Gasteiger charge is 2.20. The molecule has 5 nitrogen and oxygen atoms in total. The predicted molar refractivity (Wildman–Crippen MR) is 117 cm³/mol. The van der Waals surface area contributed by atoms with Crippen molar-refractivity contribution in [1.82, 2.24) is 20.0 Å². The fraction of sp³-hybridized carbons (Fsp3) is 0.455. The number of aryl methyl sites for hydroxylation is 1. The third-order valence-electron chi connectivity index (χ3n) is 5.26. The Morgan fingerprint density at radius 1 is 1.21 bits per heavy atom. The van der Waals surface area contributed by atoms with Crippen molar-refractivity contribution in [2.45, 2.75) is 46.6 Å². The second-order valence-electron chi connectivity index (χ2n) is 7.77. The van der Waals surface area contributed by atoms with Crippen molar-refractivity contribution < 1.29 is 4.79 Å². The van der Waals surface area contributed by atoms with E-state index in [1.165, 1.54) is 5.57 Å². The molecule has 2 aromatic rings. The smallest absolute Gasteiger partial charge is 0.251 e. The second-order valence-corrected chi connectivity index (χ2v) is 8.57. The molecule has 0 atom stereocenters. The quantitative estimate of drug-likeness (QED) is 0.694. The lowest BCUT2D eigenvalue weighted by molar-refractivity contribution is 0.0914. The molecule has 2 heterocycles. The Balaban J connectivity index is 1.57. The van der Waals surface area contributed by atoms with Crippen molar-refractivity contribution in [2.24, 2.45) is 0 Å². The molecule has 0 aliphatic carbocycles. The first kappa shape index (κ1) is 20.8. The minimum atomic E-state index is 0.00356. The molecule has 0 spiro atoms. The molecule has 1 aliphatic rings. The summed E-state index contributed by atoms with van der Waals surface area (Å²) >= 11 is 3.56. The van der Waals surface area contributed by atoms with Gasteiger partial charge in [0.1, 0.15) is 0 Å². The van der Waals surface area contributed by atoms with Gasteiger partial charge in [0.25, 0.3) is 5.91 Å². The number of benzene rings is 1. The monoisotopic (exact) mass is 444 g/mol. The summed E-state index contributed by atoms with van der Waals surface area (Å²) in [5.41, 5.74) is 5.00. The molecule has 1 amide bonds. The van der Waals surface area contributed by atoms with Crippen LogP contribution in [-0.4, -0.2) is 46.3 Å². The fourth-order valence-electron chi connectivity index (χ4n) is 3.47. The number of carbonyl (C=O) groups is 1. The van der Waals surface area contributed by atoms with Gasteiger partial charge in [-0.25, -0.2) is 4.68 Å². The molecule has 0 radical (unpaired) electrons. The maximum atomic E-state index is 12.6. The van der Waals surface area contributed by atoms with Gasteiger partial charge in [0.2, 0.25) is 0 Å². The maximum Gasteiger partial charge on any atom is 0.251 e. The molecule has 150 valence electrons. The van der Waals surface area contributed by atoms with Gasteiger partial charge >= 0.3 is 0 Å². The van der Waals surface area contributed by atoms with Crippen LogP contribution in [-0.2, 0) is 0 Å². The Labute approximate surface area is 175 Å². The lowest BCUT2D eigenvalue weighted by Crippen LogP contribution is -2.44. The van der Waals surface area contributed by atoms with Crippen LogP contribution in [0.25, 0.3) is 5.69 Å². The molecule has 0 unspecified atom stereocenters. The standard InChI is InChI=1S/C22H29BrN4O/c1-15(2)9-12-26-13-10-19(11-14-26)24-22(28)18-5-7-20(8-6-18)27-17(4)21(23)16(3)25-27/h5-9,19H,10-14H2,1-4H3,(H,24,28). The molecule has 6 heteroatoms. The third-order valence-corrected chi connectivity index (χ3v) is 6.41. The summed E-state index contributed by atoms with van der Waals surface area (Å²) < 4.78 is 2.91. The first-order chi connectivity index (χ1) is 13.3. The molecule has 1 fully saturated rings. The summed E-state index contributed by atoms with van der Waals surface area (Å²) in [5, 5.41) is 7.74. The lowest BCUT2D eigenvalue weighted by Gasteiger charge is -2.31. The predicted octanol–water partition coefficient (Wildman–Crippen LogP) is 4.41. The summed E-state index contributed by atoms with van der Waals surface area (Å²) in [7, 11) is 0. The Morgan fingerprint density at radius 3 is 2.39 bits per heavy atom. The van der Waals surface area contributed by atoms with Crippen LogP contribution in [0.1, 0.15) is 48.4 Å². The van der Waals surface area contributed by atoms with Gasteiger partial charge in [0.05, 0.1) is 21.5 Å². The molecule has 0 bridgehead atoms. The van der Waals surface area contributed by atoms with Gasteiger partial charge in [-0.2, -0.15) is 5.10 Å². The van der Waals surface area contributed by atoms with Crippen molar-refractivity contribution in [3.8, 4) is 5.69 Å². The van der Waals surface area contributed by atoms with Crippen molar-refractivity contribution in [3.05, 3.63) is 57.3 Å². The van der Waals surface area contributed by atoms with Crippen molar-refractivity contribution >= 4 is 21.8 Å². The van der Waals surface area contributed by atoms with E-state index in [1.54, 1.807) is 0 Å². The minimum absolute atomic E-state index is 0.00356. The fourth-order valence-corrected chi connectivity index (χ4v) is 3.72. The zero-order valence-electron chi connectivity index (χ0n) is 17.1. The minimum Gasteiger partial charge on any atom is -0.349 e. The number of rotatable bonds is 5. The molecule has 1 saturated heterocycles. The number of nitrogens with one attached hydrogen (secondary N) is 1. The molecule has 3 rings (SSSR count). The number of hydrogen-bond donors (Lipinski definition) is 1. The van der Waals surface area contributed by atoms with E-state index in [0.717, 1.165) is 54.0 Å². The van der Waals surface area contributed by atoms with Crippen molar-refractivity contribution in [3.63, 3.8) is 0 Å². The number of carbonyl (C=O) groups excluding carboxylic acids is 1. The number of amides is 1. The van der Waals surface area contributed by atoms with Crippen LogP contribution < -0.4 is 5.32 Å². The molecule has 1 aromatic heterocycles. The average Bonchev–Trinajstić information content (AvgIpc) is 2.95. The van der Waals surface area contributed by atoms with Gasteiger partial charge in [0.15, 0.2) is 0 Å². The van der Waals surface area contributed by atoms with E-state index >= 15 is 0 Å². The second kappa shape index (κ2) is 9.05. The van der Waals surface area contributed by atoms with Crippen LogP contribution >= 0.6 is 15.9 Å². The molecular formula is C22H29BrN4O. The zero-order chi connectivity index (χ0) is 20.3. The van der Waals surface area contributed by atoms with Gasteiger partial charge in [-0.1, -0.05) is 11.6 Å². The van der Waals surface area contributed by atoms with E-state index in [2.05, 4.69) is 51.2 Å². The molecule has 1 aliphatic heterocycles. The van der Waals surface area contributed by atoms with E-state index in [1.807, 2.05) is 42.8 Å². The third kappa shape index (κ3) is 4.92. The van der Waals surface area contributed by atoms with Crippen LogP contribution in [0.4, 0.5) is 0 Å². The van der Waals surface area contributed by atoms with Crippen LogP contribution in [0.5, 0.6) is 0 Å². The van der Waals surface area contributed by atoms with Gasteiger partial charge < -0.3 is 5.32 Å². The highest BCUT2D eigenvalue weighted by molar-refractivity contribution is 9.10. The summed E-state index contributed by atoms with van der Waals surface area (Å²) in [6, 6.07) is 7.89. The topological polar surface area (TPSA) is 50.2 Å². The normalized spacial score (nSPS) is 15.5. The Kier molecular flexibility index (Phi) is 6.73. The molecule has 1 aromatic carbocycles. The number of piperidine rings is 1. The number of halogens is 1. The summed E-state index contributed by atoms with van der Waals surface area (Å²) in [5.74, 6) is 0.00356. The Hall–Kier alpha value is -1.92. The average molecular weight is 445 g/mol. The first-order valence-electron chi connectivity index (χ1n) is 9.84. The van der Waals surface area contributed by atoms with Gasteiger partial charge in [0, 0.05) is 31.2 Å². The van der Waals surface area contributed by atoms with E-state index in [4.69, 9.17) is 0 Å². The van der Waals surface area contributed by atoms with E-state index in [9.17, 15) is 4.79 Å².